The van der Waals surface area contributed by atoms with Gasteiger partial charge < -0.3 is 14.6 Å². The predicted octanol–water partition coefficient (Wildman–Crippen LogP) is 4.05. The van der Waals surface area contributed by atoms with Gasteiger partial charge in [-0.3, -0.25) is 0 Å². The molecule has 1 aliphatic rings. The van der Waals surface area contributed by atoms with E-state index < -0.39 is 42.1 Å². The molecule has 1 aliphatic heterocycles. The van der Waals surface area contributed by atoms with Crippen LogP contribution in [0.4, 0.5) is 17.6 Å². The lowest BCUT2D eigenvalue weighted by Gasteiger charge is -2.30. The van der Waals surface area contributed by atoms with Gasteiger partial charge in [-0.2, -0.15) is 8.78 Å². The van der Waals surface area contributed by atoms with E-state index in [1.807, 2.05) is 0 Å². The van der Waals surface area contributed by atoms with Gasteiger partial charge in [0, 0.05) is 17.2 Å². The SMILES string of the molecule is C[C@H](OC(F)F)[C@@H]1CCc2c(-c3ccc(F)cc3F)cc(C(=O)O)nc2O1. The number of carboxylic acids is 1. The van der Waals surface area contributed by atoms with Gasteiger partial charge >= 0.3 is 12.6 Å². The summed E-state index contributed by atoms with van der Waals surface area (Å²) in [4.78, 5) is 15.3. The molecule has 9 heteroatoms. The minimum atomic E-state index is -2.98. The molecule has 3 rings (SSSR count). The molecule has 27 heavy (non-hydrogen) atoms. The van der Waals surface area contributed by atoms with Crippen LogP contribution < -0.4 is 4.74 Å². The summed E-state index contributed by atoms with van der Waals surface area (Å²) in [6.07, 6.45) is -1.17. The van der Waals surface area contributed by atoms with Crippen molar-refractivity contribution in [1.29, 1.82) is 0 Å². The molecular formula is C18H15F4NO4. The van der Waals surface area contributed by atoms with Crippen LogP contribution in [0.3, 0.4) is 0 Å². The van der Waals surface area contributed by atoms with E-state index in [4.69, 9.17) is 4.74 Å². The van der Waals surface area contributed by atoms with Crippen LogP contribution in [-0.4, -0.2) is 34.9 Å². The van der Waals surface area contributed by atoms with Crippen LogP contribution in [0.2, 0.25) is 0 Å². The van der Waals surface area contributed by atoms with Gasteiger partial charge in [-0.25, -0.2) is 18.6 Å². The minimum absolute atomic E-state index is 0.00326. The van der Waals surface area contributed by atoms with E-state index in [0.717, 1.165) is 6.07 Å². The highest BCUT2D eigenvalue weighted by Crippen LogP contribution is 2.37. The van der Waals surface area contributed by atoms with Crippen molar-refractivity contribution in [2.45, 2.75) is 38.6 Å². The number of hydrogen-bond acceptors (Lipinski definition) is 4. The molecule has 0 fully saturated rings. The van der Waals surface area contributed by atoms with Crippen LogP contribution >= 0.6 is 0 Å². The molecule has 0 radical (unpaired) electrons. The second kappa shape index (κ2) is 7.51. The fraction of sp³-hybridized carbons (Fsp3) is 0.333. The molecule has 1 aromatic carbocycles. The topological polar surface area (TPSA) is 68.7 Å². The highest BCUT2D eigenvalue weighted by Gasteiger charge is 2.31. The van der Waals surface area contributed by atoms with Crippen molar-refractivity contribution in [2.24, 2.45) is 0 Å². The Labute approximate surface area is 151 Å². The van der Waals surface area contributed by atoms with Crippen molar-refractivity contribution in [3.63, 3.8) is 0 Å². The minimum Gasteiger partial charge on any atom is -0.477 e. The Morgan fingerprint density at radius 3 is 2.67 bits per heavy atom. The first-order valence-electron chi connectivity index (χ1n) is 8.09. The number of halogens is 4. The van der Waals surface area contributed by atoms with E-state index in [0.29, 0.717) is 11.6 Å². The lowest BCUT2D eigenvalue weighted by molar-refractivity contribution is -0.180. The molecule has 1 N–H and O–H groups in total. The van der Waals surface area contributed by atoms with E-state index in [-0.39, 0.29) is 29.8 Å². The molecule has 0 bridgehead atoms. The molecule has 2 atom stereocenters. The zero-order chi connectivity index (χ0) is 19.7. The molecule has 0 saturated carbocycles. The molecule has 0 spiro atoms. The van der Waals surface area contributed by atoms with Crippen molar-refractivity contribution < 1.29 is 36.9 Å². The molecule has 2 aromatic rings. The zero-order valence-corrected chi connectivity index (χ0v) is 14.1. The van der Waals surface area contributed by atoms with Crippen molar-refractivity contribution in [3.8, 4) is 17.0 Å². The average molecular weight is 385 g/mol. The summed E-state index contributed by atoms with van der Waals surface area (Å²) in [5, 5.41) is 9.27. The normalized spacial score (nSPS) is 17.3. The average Bonchev–Trinajstić information content (AvgIpc) is 2.59. The number of nitrogens with zero attached hydrogens (tertiary/aromatic N) is 1. The monoisotopic (exact) mass is 385 g/mol. The number of benzene rings is 1. The summed E-state index contributed by atoms with van der Waals surface area (Å²) in [6, 6.07) is 4.12. The van der Waals surface area contributed by atoms with Crippen LogP contribution in [-0.2, 0) is 11.2 Å². The number of aromatic carboxylic acids is 1. The fourth-order valence-corrected chi connectivity index (χ4v) is 3.01. The Balaban J connectivity index is 2.05. The number of ether oxygens (including phenoxy) is 2. The Hall–Kier alpha value is -2.68. The summed E-state index contributed by atoms with van der Waals surface area (Å²) < 4.78 is 62.3. The van der Waals surface area contributed by atoms with Crippen molar-refractivity contribution >= 4 is 5.97 Å². The van der Waals surface area contributed by atoms with Gasteiger partial charge in [-0.1, -0.05) is 0 Å². The van der Waals surface area contributed by atoms with E-state index in [2.05, 4.69) is 9.72 Å². The number of carbonyl (C=O) groups is 1. The number of fused-ring (bicyclic) bond motifs is 1. The number of rotatable bonds is 5. The Kier molecular flexibility index (Phi) is 5.31. The first-order chi connectivity index (χ1) is 12.8. The molecular weight excluding hydrogens is 370 g/mol. The molecule has 0 amide bonds. The number of pyridine rings is 1. The second-order valence-electron chi connectivity index (χ2n) is 6.06. The quantitative estimate of drug-likeness (QED) is 0.787. The van der Waals surface area contributed by atoms with E-state index in [9.17, 15) is 27.5 Å². The van der Waals surface area contributed by atoms with Crippen molar-refractivity contribution in [2.75, 3.05) is 0 Å². The van der Waals surface area contributed by atoms with Crippen LogP contribution in [0.15, 0.2) is 24.3 Å². The van der Waals surface area contributed by atoms with Crippen LogP contribution in [0.25, 0.3) is 11.1 Å². The largest absolute Gasteiger partial charge is 0.477 e. The van der Waals surface area contributed by atoms with E-state index >= 15 is 0 Å². The highest BCUT2D eigenvalue weighted by atomic mass is 19.3. The summed E-state index contributed by atoms with van der Waals surface area (Å²) in [7, 11) is 0. The van der Waals surface area contributed by atoms with Crippen LogP contribution in [0.5, 0.6) is 5.88 Å². The maximum absolute atomic E-state index is 14.2. The van der Waals surface area contributed by atoms with Gasteiger partial charge in [0.15, 0.2) is 5.69 Å². The van der Waals surface area contributed by atoms with Gasteiger partial charge in [0.2, 0.25) is 5.88 Å². The maximum atomic E-state index is 14.2. The lowest BCUT2D eigenvalue weighted by atomic mass is 9.93. The zero-order valence-electron chi connectivity index (χ0n) is 14.1. The molecule has 2 heterocycles. The second-order valence-corrected chi connectivity index (χ2v) is 6.06. The third-order valence-electron chi connectivity index (χ3n) is 4.31. The highest BCUT2D eigenvalue weighted by molar-refractivity contribution is 5.88. The number of hydrogen-bond donors (Lipinski definition) is 1. The van der Waals surface area contributed by atoms with Crippen molar-refractivity contribution in [3.05, 3.63) is 47.2 Å². The summed E-state index contributed by atoms with van der Waals surface area (Å²) in [5.41, 5.74) is 0.217. The Morgan fingerprint density at radius 1 is 1.30 bits per heavy atom. The third-order valence-corrected chi connectivity index (χ3v) is 4.31. The first kappa shape index (κ1) is 19.1. The number of aromatic nitrogens is 1. The van der Waals surface area contributed by atoms with Crippen molar-refractivity contribution in [1.82, 2.24) is 4.98 Å². The smallest absolute Gasteiger partial charge is 0.354 e. The van der Waals surface area contributed by atoms with Gasteiger partial charge in [-0.05, 0) is 43.5 Å². The van der Waals surface area contributed by atoms with Gasteiger partial charge in [0.25, 0.3) is 0 Å². The summed E-state index contributed by atoms with van der Waals surface area (Å²) >= 11 is 0. The summed E-state index contributed by atoms with van der Waals surface area (Å²) in [5.74, 6) is -3.10. The van der Waals surface area contributed by atoms with Crippen LogP contribution in [0.1, 0.15) is 29.4 Å². The molecule has 5 nitrogen and oxygen atoms in total. The van der Waals surface area contributed by atoms with Gasteiger partial charge in [0.1, 0.15) is 17.7 Å². The standard InChI is InChI=1S/C18H15F4NO4/c1-8(26-18(21)22)15-5-4-11-12(10-3-2-9(19)6-13(10)20)7-14(17(24)25)23-16(11)27-15/h2-3,6-8,15,18H,4-5H2,1H3,(H,24,25)/t8-,15-/m0/s1. The molecule has 144 valence electrons. The number of carboxylic acid groups (broad SMARTS) is 1. The molecule has 0 aliphatic carbocycles. The summed E-state index contributed by atoms with van der Waals surface area (Å²) in [6.45, 7) is -1.57. The Bertz CT molecular complexity index is 875. The number of alkyl halides is 2. The van der Waals surface area contributed by atoms with Crippen LogP contribution in [0, 0.1) is 11.6 Å². The van der Waals surface area contributed by atoms with Gasteiger partial charge in [0.05, 0.1) is 6.10 Å². The van der Waals surface area contributed by atoms with E-state index in [1.165, 1.54) is 19.1 Å². The third kappa shape index (κ3) is 4.02. The lowest BCUT2D eigenvalue weighted by Crippen LogP contribution is -2.36. The molecule has 0 saturated heterocycles. The Morgan fingerprint density at radius 2 is 2.04 bits per heavy atom. The molecule has 0 unspecified atom stereocenters. The van der Waals surface area contributed by atoms with Gasteiger partial charge in [-0.15, -0.1) is 0 Å². The first-order valence-corrected chi connectivity index (χ1v) is 8.09. The maximum Gasteiger partial charge on any atom is 0.354 e. The molecule has 1 aromatic heterocycles. The fourth-order valence-electron chi connectivity index (χ4n) is 3.01. The predicted molar refractivity (Wildman–Crippen MR) is 85.8 cm³/mol. The van der Waals surface area contributed by atoms with E-state index in [1.54, 1.807) is 0 Å².